The number of halogens is 1. The molecule has 0 unspecified atom stereocenters. The van der Waals surface area contributed by atoms with Gasteiger partial charge in [-0.15, -0.1) is 0 Å². The highest BCUT2D eigenvalue weighted by atomic mass is 35.5. The number of rotatable bonds is 8. The van der Waals surface area contributed by atoms with Crippen LogP contribution in [0.2, 0.25) is 5.02 Å². The zero-order valence-electron chi connectivity index (χ0n) is 27.3. The molecule has 2 aliphatic heterocycles. The summed E-state index contributed by atoms with van der Waals surface area (Å²) in [5.74, 6) is -0.0887. The predicted molar refractivity (Wildman–Crippen MR) is 180 cm³/mol. The minimum atomic E-state index is -0.545. The van der Waals surface area contributed by atoms with Crippen LogP contribution in [0.15, 0.2) is 48.7 Å². The Morgan fingerprint density at radius 2 is 1.69 bits per heavy atom. The first-order valence-electron chi connectivity index (χ1n) is 16.1. The second-order valence-electron chi connectivity index (χ2n) is 13.3. The molecule has 9 nitrogen and oxygen atoms in total. The fraction of sp³-hybridized carbons (Fsp3) is 0.514. The number of aryl methyl sites for hydroxylation is 2. The monoisotopic (exact) mass is 634 g/mol. The maximum Gasteiger partial charge on any atom is 0.410 e. The van der Waals surface area contributed by atoms with Crippen molar-refractivity contribution in [2.75, 3.05) is 57.3 Å². The zero-order valence-corrected chi connectivity index (χ0v) is 28.1. The van der Waals surface area contributed by atoms with E-state index < -0.39 is 5.60 Å². The Labute approximate surface area is 272 Å². The van der Waals surface area contributed by atoms with Gasteiger partial charge in [0.2, 0.25) is 0 Å². The Hall–Kier alpha value is -3.56. The molecule has 0 spiro atoms. The standard InChI is InChI=1S/C35H47ClN6O3/c1-25-11-12-26(2)31(23-25)40-21-19-39(20-22-40)16-8-15-37-33(43)28-24-38-42(30-10-7-6-9-29(30)36)32(28)27-13-17-41(18-14-27)34(44)45-35(3,4)5/h6-7,9-12,23-24,27H,8,13-22H2,1-5H3,(H,37,43). The number of hydrogen-bond acceptors (Lipinski definition) is 6. The number of anilines is 1. The lowest BCUT2D eigenvalue weighted by Crippen LogP contribution is -2.47. The highest BCUT2D eigenvalue weighted by Gasteiger charge is 2.32. The van der Waals surface area contributed by atoms with E-state index in [0.29, 0.717) is 43.1 Å². The average Bonchev–Trinajstić information content (AvgIpc) is 3.45. The molecule has 1 aromatic heterocycles. The first-order valence-corrected chi connectivity index (χ1v) is 16.5. The quantitative estimate of drug-likeness (QED) is 0.297. The molecule has 0 atom stereocenters. The van der Waals surface area contributed by atoms with Gasteiger partial charge in [-0.3, -0.25) is 9.69 Å². The second kappa shape index (κ2) is 14.3. The van der Waals surface area contributed by atoms with E-state index in [4.69, 9.17) is 16.3 Å². The van der Waals surface area contributed by atoms with Crippen LogP contribution in [0.1, 0.15) is 73.1 Å². The number of hydrogen-bond donors (Lipinski definition) is 1. The number of amides is 2. The number of piperazine rings is 1. The van der Waals surface area contributed by atoms with Crippen LogP contribution in [0.3, 0.4) is 0 Å². The topological polar surface area (TPSA) is 82.9 Å². The van der Waals surface area contributed by atoms with Gasteiger partial charge in [0.15, 0.2) is 0 Å². The maximum absolute atomic E-state index is 13.6. The number of benzene rings is 2. The van der Waals surface area contributed by atoms with Crippen LogP contribution >= 0.6 is 11.6 Å². The molecule has 1 N–H and O–H groups in total. The highest BCUT2D eigenvalue weighted by Crippen LogP contribution is 2.34. The van der Waals surface area contributed by atoms with Crippen molar-refractivity contribution in [1.29, 1.82) is 0 Å². The predicted octanol–water partition coefficient (Wildman–Crippen LogP) is 6.20. The SMILES string of the molecule is Cc1ccc(C)c(N2CCN(CCCNC(=O)c3cnn(-c4ccccc4Cl)c3C3CCN(C(=O)OC(C)(C)C)CC3)CC2)c1. The van der Waals surface area contributed by atoms with Gasteiger partial charge in [0.25, 0.3) is 5.91 Å². The third-order valence-electron chi connectivity index (χ3n) is 8.68. The summed E-state index contributed by atoms with van der Waals surface area (Å²) in [6, 6.07) is 14.2. The Morgan fingerprint density at radius 1 is 0.978 bits per heavy atom. The summed E-state index contributed by atoms with van der Waals surface area (Å²) in [7, 11) is 0. The van der Waals surface area contributed by atoms with E-state index in [1.54, 1.807) is 15.8 Å². The molecule has 2 fully saturated rings. The van der Waals surface area contributed by atoms with Crippen molar-refractivity contribution < 1.29 is 14.3 Å². The van der Waals surface area contributed by atoms with Gasteiger partial charge in [0.1, 0.15) is 5.60 Å². The van der Waals surface area contributed by atoms with Crippen LogP contribution in [0.25, 0.3) is 5.69 Å². The van der Waals surface area contributed by atoms with E-state index in [9.17, 15) is 9.59 Å². The zero-order chi connectivity index (χ0) is 32.1. The van der Waals surface area contributed by atoms with Crippen molar-refractivity contribution in [2.45, 2.75) is 65.4 Å². The molecule has 0 aliphatic carbocycles. The third kappa shape index (κ3) is 8.19. The molecule has 242 valence electrons. The summed E-state index contributed by atoms with van der Waals surface area (Å²) >= 11 is 6.58. The van der Waals surface area contributed by atoms with Gasteiger partial charge in [-0.2, -0.15) is 5.10 Å². The van der Waals surface area contributed by atoms with Gasteiger partial charge in [-0.25, -0.2) is 9.48 Å². The van der Waals surface area contributed by atoms with Crippen LogP contribution in [0.5, 0.6) is 0 Å². The second-order valence-corrected chi connectivity index (χ2v) is 13.7. The molecular weight excluding hydrogens is 588 g/mol. The van der Waals surface area contributed by atoms with E-state index in [0.717, 1.165) is 50.5 Å². The Balaban J connectivity index is 1.19. The van der Waals surface area contributed by atoms with Crippen LogP contribution in [-0.2, 0) is 4.74 Å². The molecule has 5 rings (SSSR count). The van der Waals surface area contributed by atoms with Gasteiger partial charge in [-0.05, 0) is 89.8 Å². The van der Waals surface area contributed by atoms with Gasteiger partial charge < -0.3 is 19.9 Å². The molecule has 0 radical (unpaired) electrons. The fourth-order valence-electron chi connectivity index (χ4n) is 6.28. The Morgan fingerprint density at radius 3 is 2.38 bits per heavy atom. The molecular formula is C35H47ClN6O3. The maximum atomic E-state index is 13.6. The average molecular weight is 635 g/mol. The van der Waals surface area contributed by atoms with Crippen molar-refractivity contribution in [3.8, 4) is 5.69 Å². The van der Waals surface area contributed by atoms with E-state index in [1.807, 2.05) is 45.0 Å². The number of aromatic nitrogens is 2. The first-order chi connectivity index (χ1) is 21.5. The number of piperidine rings is 1. The van der Waals surface area contributed by atoms with E-state index in [2.05, 4.69) is 52.3 Å². The van der Waals surface area contributed by atoms with Gasteiger partial charge in [-0.1, -0.05) is 35.9 Å². The van der Waals surface area contributed by atoms with Crippen LogP contribution < -0.4 is 10.2 Å². The molecule has 0 bridgehead atoms. The molecule has 0 saturated carbocycles. The Bertz CT molecular complexity index is 1480. The Kier molecular flexibility index (Phi) is 10.4. The first kappa shape index (κ1) is 32.8. The number of nitrogens with one attached hydrogen (secondary N) is 1. The van der Waals surface area contributed by atoms with Crippen LogP contribution in [-0.4, -0.2) is 89.5 Å². The van der Waals surface area contributed by atoms with Crippen molar-refractivity contribution >= 4 is 29.3 Å². The fourth-order valence-corrected chi connectivity index (χ4v) is 6.49. The summed E-state index contributed by atoms with van der Waals surface area (Å²) in [5.41, 5.74) is 5.55. The van der Waals surface area contributed by atoms with Gasteiger partial charge >= 0.3 is 6.09 Å². The van der Waals surface area contributed by atoms with Crippen molar-refractivity contribution in [3.05, 3.63) is 76.1 Å². The van der Waals surface area contributed by atoms with Crippen molar-refractivity contribution in [3.63, 3.8) is 0 Å². The van der Waals surface area contributed by atoms with Crippen LogP contribution in [0.4, 0.5) is 10.5 Å². The molecule has 45 heavy (non-hydrogen) atoms. The lowest BCUT2D eigenvalue weighted by atomic mass is 9.91. The lowest BCUT2D eigenvalue weighted by Gasteiger charge is -2.37. The summed E-state index contributed by atoms with van der Waals surface area (Å²) in [5, 5.41) is 8.36. The number of likely N-dealkylation sites (tertiary alicyclic amines) is 1. The van der Waals surface area contributed by atoms with E-state index >= 15 is 0 Å². The molecule has 3 aromatic rings. The normalized spacial score (nSPS) is 16.6. The van der Waals surface area contributed by atoms with E-state index in [-0.39, 0.29) is 17.9 Å². The molecule has 2 aliphatic rings. The lowest BCUT2D eigenvalue weighted by molar-refractivity contribution is 0.0203. The largest absolute Gasteiger partial charge is 0.444 e. The van der Waals surface area contributed by atoms with E-state index in [1.165, 1.54) is 16.8 Å². The summed E-state index contributed by atoms with van der Waals surface area (Å²) in [4.78, 5) is 33.0. The van der Waals surface area contributed by atoms with Crippen molar-refractivity contribution in [2.24, 2.45) is 0 Å². The molecule has 2 amide bonds. The number of carbonyl (C=O) groups excluding carboxylic acids is 2. The number of nitrogens with zero attached hydrogens (tertiary/aromatic N) is 5. The summed E-state index contributed by atoms with van der Waals surface area (Å²) < 4.78 is 7.40. The molecule has 2 aromatic carbocycles. The molecule has 10 heteroatoms. The third-order valence-corrected chi connectivity index (χ3v) is 9.00. The van der Waals surface area contributed by atoms with Gasteiger partial charge in [0, 0.05) is 57.4 Å². The van der Waals surface area contributed by atoms with Crippen LogP contribution in [0, 0.1) is 13.8 Å². The number of carbonyl (C=O) groups is 2. The minimum absolute atomic E-state index is 0.0385. The molecule has 3 heterocycles. The number of para-hydroxylation sites is 1. The highest BCUT2D eigenvalue weighted by molar-refractivity contribution is 6.32. The molecule has 2 saturated heterocycles. The summed E-state index contributed by atoms with van der Waals surface area (Å²) in [6.07, 6.45) is 3.62. The smallest absolute Gasteiger partial charge is 0.410 e. The summed E-state index contributed by atoms with van der Waals surface area (Å²) in [6.45, 7) is 16.6. The minimum Gasteiger partial charge on any atom is -0.444 e. The van der Waals surface area contributed by atoms with Crippen molar-refractivity contribution in [1.82, 2.24) is 24.9 Å². The van der Waals surface area contributed by atoms with Gasteiger partial charge in [0.05, 0.1) is 28.2 Å². The number of ether oxygens (including phenoxy) is 1.